The second-order valence-electron chi connectivity index (χ2n) is 7.23. The molecule has 12 nitrogen and oxygen atoms in total. The van der Waals surface area contributed by atoms with Gasteiger partial charge in [0.25, 0.3) is 11.1 Å². The van der Waals surface area contributed by atoms with Crippen LogP contribution < -0.4 is 42.3 Å². The molecule has 28 heavy (non-hydrogen) atoms. The van der Waals surface area contributed by atoms with Crippen molar-refractivity contribution in [3.05, 3.63) is 41.7 Å². The summed E-state index contributed by atoms with van der Waals surface area (Å²) in [5.41, 5.74) is -0.920. The van der Waals surface area contributed by atoms with Crippen LogP contribution >= 0.6 is 0 Å². The normalized spacial score (nSPS) is 15.5. The highest BCUT2D eigenvalue weighted by Crippen LogP contribution is 2.38. The molecule has 0 amide bonds. The molecule has 0 saturated heterocycles. The van der Waals surface area contributed by atoms with E-state index in [2.05, 4.69) is 0 Å². The van der Waals surface area contributed by atoms with Gasteiger partial charge < -0.3 is 9.80 Å². The summed E-state index contributed by atoms with van der Waals surface area (Å²) in [6.07, 6.45) is 0. The largest absolute Gasteiger partial charge is 0.348 e. The molecule has 2 aromatic rings. The van der Waals surface area contributed by atoms with Crippen molar-refractivity contribution in [2.75, 3.05) is 47.3 Å². The summed E-state index contributed by atoms with van der Waals surface area (Å²) in [6.45, 7) is 0.580. The lowest BCUT2D eigenvalue weighted by atomic mass is 10.4. The van der Waals surface area contributed by atoms with E-state index < -0.39 is 22.5 Å². The summed E-state index contributed by atoms with van der Waals surface area (Å²) in [7, 11) is 9.58. The Balaban J connectivity index is 2.01. The molecule has 0 unspecified atom stereocenters. The van der Waals surface area contributed by atoms with E-state index >= 15 is 0 Å². The number of hydrogen-bond acceptors (Lipinski definition) is 8. The molecule has 0 saturated carbocycles. The maximum atomic E-state index is 12.7. The summed E-state index contributed by atoms with van der Waals surface area (Å²) in [4.78, 5) is 53.8. The van der Waals surface area contributed by atoms with E-state index in [1.807, 2.05) is 0 Å². The van der Waals surface area contributed by atoms with Gasteiger partial charge in [0.2, 0.25) is 0 Å². The molecule has 0 atom stereocenters. The maximum Gasteiger partial charge on any atom is 0.332 e. The van der Waals surface area contributed by atoms with E-state index in [1.54, 1.807) is 48.0 Å². The number of rotatable bonds is 1. The molecule has 4 heterocycles. The van der Waals surface area contributed by atoms with Crippen LogP contribution in [0.3, 0.4) is 0 Å². The predicted octanol–water partition coefficient (Wildman–Crippen LogP) is -2.48. The first kappa shape index (κ1) is 17.9. The van der Waals surface area contributed by atoms with Crippen LogP contribution in [0.2, 0.25) is 0 Å². The molecule has 4 rings (SSSR count). The Hall–Kier alpha value is -3.44. The molecule has 0 N–H and O–H groups in total. The lowest BCUT2D eigenvalue weighted by Gasteiger charge is -2.32. The molecule has 0 spiro atoms. The third-order valence-electron chi connectivity index (χ3n) is 5.46. The number of aromatic nitrogens is 4. The molecule has 2 aliphatic heterocycles. The van der Waals surface area contributed by atoms with E-state index in [-0.39, 0.29) is 0 Å². The van der Waals surface area contributed by atoms with Crippen LogP contribution in [0.15, 0.2) is 19.2 Å². The van der Waals surface area contributed by atoms with E-state index in [0.717, 1.165) is 9.13 Å². The van der Waals surface area contributed by atoms with Crippen LogP contribution in [-0.4, -0.2) is 45.7 Å². The van der Waals surface area contributed by atoms with Gasteiger partial charge in [-0.15, -0.1) is 0 Å². The Morgan fingerprint density at radius 1 is 0.536 bits per heavy atom. The fraction of sp³-hybridized carbons (Fsp3) is 0.500. The topological polar surface area (TPSA) is 101 Å². The van der Waals surface area contributed by atoms with Crippen LogP contribution in [0.4, 0.5) is 23.0 Å². The second kappa shape index (κ2) is 5.53. The van der Waals surface area contributed by atoms with Gasteiger partial charge in [-0.3, -0.25) is 27.9 Å². The lowest BCUT2D eigenvalue weighted by molar-refractivity contribution is 0.648. The van der Waals surface area contributed by atoms with Crippen molar-refractivity contribution in [3.8, 4) is 0 Å². The molecule has 0 radical (unpaired) electrons. The SMILES string of the molecule is CN1CN(N2CN(C)c3c2n(C)c(=O)n(C)c3=O)c2c1c(=O)n(C)c(=O)n2C. The van der Waals surface area contributed by atoms with Crippen molar-refractivity contribution >= 4 is 23.0 Å². The van der Waals surface area contributed by atoms with Crippen molar-refractivity contribution in [2.45, 2.75) is 0 Å². The Morgan fingerprint density at radius 2 is 0.857 bits per heavy atom. The van der Waals surface area contributed by atoms with Crippen LogP contribution in [-0.2, 0) is 28.2 Å². The third kappa shape index (κ3) is 1.99. The van der Waals surface area contributed by atoms with Gasteiger partial charge in [-0.05, 0) is 0 Å². The molecule has 0 fully saturated rings. The molecule has 2 aliphatic rings. The first-order valence-electron chi connectivity index (χ1n) is 8.65. The van der Waals surface area contributed by atoms with E-state index in [1.165, 1.54) is 23.2 Å². The van der Waals surface area contributed by atoms with Crippen molar-refractivity contribution in [1.29, 1.82) is 0 Å². The number of fused-ring (bicyclic) bond motifs is 2. The number of anilines is 4. The monoisotopic (exact) mass is 390 g/mol. The van der Waals surface area contributed by atoms with E-state index in [4.69, 9.17) is 0 Å². The smallest absolute Gasteiger partial charge is 0.332 e. The predicted molar refractivity (Wildman–Crippen MR) is 105 cm³/mol. The number of hydrazine groups is 1. The third-order valence-corrected chi connectivity index (χ3v) is 5.46. The van der Waals surface area contributed by atoms with Crippen LogP contribution in [0, 0.1) is 0 Å². The van der Waals surface area contributed by atoms with Gasteiger partial charge in [0.05, 0.1) is 0 Å². The Kier molecular flexibility index (Phi) is 3.55. The Labute approximate surface area is 159 Å². The second-order valence-corrected chi connectivity index (χ2v) is 7.23. The molecular weight excluding hydrogens is 368 g/mol. The van der Waals surface area contributed by atoms with Gasteiger partial charge in [-0.25, -0.2) is 19.6 Å². The van der Waals surface area contributed by atoms with Crippen LogP contribution in [0.1, 0.15) is 0 Å². The molecule has 2 aromatic heterocycles. The lowest BCUT2D eigenvalue weighted by Crippen LogP contribution is -2.48. The van der Waals surface area contributed by atoms with Gasteiger partial charge in [0, 0.05) is 42.3 Å². The van der Waals surface area contributed by atoms with Gasteiger partial charge in [0.15, 0.2) is 11.6 Å². The first-order valence-corrected chi connectivity index (χ1v) is 8.65. The minimum atomic E-state index is -0.449. The standard InChI is InChI=1S/C16H22N8O4/c1-17-7-23(11-9(17)13(25)21(5)15(27)19(11)3)24-8-18(2)10-12(24)20(4)16(28)22(6)14(10)26/h7-8H2,1-6H3. The van der Waals surface area contributed by atoms with Gasteiger partial charge in [0.1, 0.15) is 24.7 Å². The average molecular weight is 390 g/mol. The number of hydrogen-bond donors (Lipinski definition) is 0. The van der Waals surface area contributed by atoms with Crippen LogP contribution in [0.5, 0.6) is 0 Å². The molecule has 150 valence electrons. The molecule has 0 aromatic carbocycles. The van der Waals surface area contributed by atoms with Gasteiger partial charge in [-0.1, -0.05) is 0 Å². The maximum absolute atomic E-state index is 12.7. The van der Waals surface area contributed by atoms with Gasteiger partial charge in [-0.2, -0.15) is 0 Å². The Bertz CT molecular complexity index is 1150. The van der Waals surface area contributed by atoms with Crippen molar-refractivity contribution in [3.63, 3.8) is 0 Å². The summed E-state index contributed by atoms with van der Waals surface area (Å²) in [5, 5.41) is 3.50. The van der Waals surface area contributed by atoms with Crippen LogP contribution in [0.25, 0.3) is 0 Å². The van der Waals surface area contributed by atoms with Crippen molar-refractivity contribution < 1.29 is 0 Å². The molecular formula is C16H22N8O4. The van der Waals surface area contributed by atoms with Crippen molar-refractivity contribution in [2.24, 2.45) is 28.2 Å². The number of nitrogens with zero attached hydrogens (tertiary/aromatic N) is 8. The highest BCUT2D eigenvalue weighted by Gasteiger charge is 2.40. The average Bonchev–Trinajstić information content (AvgIpc) is 3.18. The summed E-state index contributed by atoms with van der Waals surface area (Å²) >= 11 is 0. The zero-order chi connectivity index (χ0) is 20.7. The van der Waals surface area contributed by atoms with E-state index in [9.17, 15) is 19.2 Å². The van der Waals surface area contributed by atoms with Gasteiger partial charge >= 0.3 is 11.4 Å². The summed E-state index contributed by atoms with van der Waals surface area (Å²) in [5.74, 6) is 0.843. The molecule has 0 aliphatic carbocycles. The summed E-state index contributed by atoms with van der Waals surface area (Å²) < 4.78 is 4.93. The highest BCUT2D eigenvalue weighted by atomic mass is 16.2. The Morgan fingerprint density at radius 3 is 1.18 bits per heavy atom. The minimum Gasteiger partial charge on any atom is -0.348 e. The quantitative estimate of drug-likeness (QED) is 0.528. The summed E-state index contributed by atoms with van der Waals surface area (Å²) in [6, 6.07) is 0. The minimum absolute atomic E-state index is 0.290. The highest BCUT2D eigenvalue weighted by molar-refractivity contribution is 5.79. The first-order chi connectivity index (χ1) is 13.1. The van der Waals surface area contributed by atoms with Crippen molar-refractivity contribution in [1.82, 2.24) is 18.3 Å². The zero-order valence-electron chi connectivity index (χ0n) is 16.6. The van der Waals surface area contributed by atoms with E-state index in [0.29, 0.717) is 36.3 Å². The fourth-order valence-electron chi connectivity index (χ4n) is 3.95. The molecule has 12 heteroatoms. The molecule has 0 bridgehead atoms. The zero-order valence-corrected chi connectivity index (χ0v) is 16.6. The fourth-order valence-corrected chi connectivity index (χ4v) is 3.95.